The molecule has 1 aromatic carbocycles. The number of carbonyl (C=O) groups excluding carboxylic acids is 1. The molecule has 0 aliphatic carbocycles. The molecule has 0 saturated carbocycles. The number of carbonyl (C=O) groups is 1. The first-order valence-corrected chi connectivity index (χ1v) is 15.1. The lowest BCUT2D eigenvalue weighted by atomic mass is 10.0. The molecule has 0 radical (unpaired) electrons. The minimum Gasteiger partial charge on any atom is -0.493 e. The van der Waals surface area contributed by atoms with Crippen molar-refractivity contribution in [2.24, 2.45) is 0 Å². The first-order valence-electron chi connectivity index (χ1n) is 14.1. The average molecular weight is 523 g/mol. The Balaban J connectivity index is 1.54. The second-order valence-corrected chi connectivity index (χ2v) is 10.9. The van der Waals surface area contributed by atoms with Gasteiger partial charge >= 0.3 is 0 Å². The number of nitrogens with one attached hydrogen (secondary N) is 2. The molecule has 36 heavy (non-hydrogen) atoms. The third-order valence-electron chi connectivity index (χ3n) is 6.92. The topological polar surface area (TPSA) is 68.8 Å². The Bertz CT molecular complexity index is 721. The van der Waals surface area contributed by atoms with Gasteiger partial charge in [-0.2, -0.15) is 0 Å². The molecule has 206 valence electrons. The van der Waals surface area contributed by atoms with Crippen molar-refractivity contribution in [1.29, 1.82) is 0 Å². The van der Waals surface area contributed by atoms with Gasteiger partial charge in [-0.05, 0) is 24.1 Å². The van der Waals surface area contributed by atoms with Gasteiger partial charge in [-0.1, -0.05) is 90.4 Å². The summed E-state index contributed by atoms with van der Waals surface area (Å²) in [5.41, 5.74) is 1.01. The highest BCUT2D eigenvalue weighted by molar-refractivity contribution is 7.99. The molecular weight excluding hydrogens is 472 g/mol. The molecule has 1 amide bonds. The average Bonchev–Trinajstić information content (AvgIpc) is 3.40. The highest BCUT2D eigenvalue weighted by Gasteiger charge is 2.31. The number of hydrogen-bond acceptors (Lipinski definition) is 6. The van der Waals surface area contributed by atoms with E-state index in [0.717, 1.165) is 24.3 Å². The van der Waals surface area contributed by atoms with Gasteiger partial charge in [-0.3, -0.25) is 10.1 Å². The maximum absolute atomic E-state index is 12.6. The van der Waals surface area contributed by atoms with E-state index < -0.39 is 0 Å². The number of methoxy groups -OCH3 is 3. The van der Waals surface area contributed by atoms with Gasteiger partial charge < -0.3 is 19.5 Å². The first kappa shape index (κ1) is 30.6. The molecule has 7 heteroatoms. The summed E-state index contributed by atoms with van der Waals surface area (Å²) in [4.78, 5) is 12.6. The number of unbranched alkanes of at least 4 members (excludes halogenated alkanes) is 13. The van der Waals surface area contributed by atoms with Crippen LogP contribution in [-0.4, -0.2) is 45.6 Å². The molecule has 1 aliphatic rings. The van der Waals surface area contributed by atoms with Crippen LogP contribution in [0.4, 0.5) is 0 Å². The Morgan fingerprint density at radius 3 is 1.81 bits per heavy atom. The lowest BCUT2D eigenvalue weighted by Gasteiger charge is -2.18. The summed E-state index contributed by atoms with van der Waals surface area (Å²) in [6.45, 7) is 3.04. The van der Waals surface area contributed by atoms with Gasteiger partial charge in [0.15, 0.2) is 11.5 Å². The van der Waals surface area contributed by atoms with Gasteiger partial charge in [0, 0.05) is 12.3 Å². The Morgan fingerprint density at radius 1 is 0.833 bits per heavy atom. The highest BCUT2D eigenvalue weighted by Crippen LogP contribution is 2.43. The molecule has 2 rings (SSSR count). The molecule has 0 aromatic heterocycles. The van der Waals surface area contributed by atoms with Crippen molar-refractivity contribution >= 4 is 17.7 Å². The van der Waals surface area contributed by atoms with Crippen LogP contribution in [0.2, 0.25) is 0 Å². The molecule has 1 fully saturated rings. The van der Waals surface area contributed by atoms with E-state index in [1.165, 1.54) is 83.5 Å². The van der Waals surface area contributed by atoms with Crippen molar-refractivity contribution in [3.8, 4) is 17.2 Å². The largest absolute Gasteiger partial charge is 0.493 e. The fourth-order valence-corrected chi connectivity index (χ4v) is 5.94. The van der Waals surface area contributed by atoms with Crippen LogP contribution in [-0.2, 0) is 4.79 Å². The predicted molar refractivity (Wildman–Crippen MR) is 152 cm³/mol. The van der Waals surface area contributed by atoms with Crippen LogP contribution in [0.25, 0.3) is 0 Å². The molecule has 1 aromatic rings. The number of ether oxygens (including phenoxy) is 3. The minimum absolute atomic E-state index is 0.00974. The molecule has 0 spiro atoms. The number of hydrogen-bond donors (Lipinski definition) is 2. The smallest absolute Gasteiger partial charge is 0.238 e. The van der Waals surface area contributed by atoms with Crippen LogP contribution < -0.4 is 24.8 Å². The number of benzene rings is 1. The van der Waals surface area contributed by atoms with Crippen molar-refractivity contribution in [3.05, 3.63) is 17.7 Å². The highest BCUT2D eigenvalue weighted by atomic mass is 32.2. The second kappa shape index (κ2) is 18.6. The Kier molecular flexibility index (Phi) is 15.8. The van der Waals surface area contributed by atoms with Crippen LogP contribution in [0.1, 0.15) is 108 Å². The van der Waals surface area contributed by atoms with Gasteiger partial charge in [0.05, 0.1) is 32.7 Å². The molecule has 1 aliphatic heterocycles. The normalized spacial score (nSPS) is 17.2. The number of rotatable bonds is 20. The van der Waals surface area contributed by atoms with E-state index in [1.54, 1.807) is 33.1 Å². The molecule has 2 atom stereocenters. The van der Waals surface area contributed by atoms with E-state index in [-0.39, 0.29) is 17.3 Å². The van der Waals surface area contributed by atoms with Gasteiger partial charge in [0.25, 0.3) is 0 Å². The summed E-state index contributed by atoms with van der Waals surface area (Å²) in [5.74, 6) is 2.66. The quantitative estimate of drug-likeness (QED) is 0.179. The summed E-state index contributed by atoms with van der Waals surface area (Å²) < 4.78 is 16.4. The third kappa shape index (κ3) is 10.8. The second-order valence-electron chi connectivity index (χ2n) is 9.78. The molecular formula is C29H50N2O4S. The van der Waals surface area contributed by atoms with Crippen LogP contribution in [0, 0.1) is 0 Å². The van der Waals surface area contributed by atoms with Gasteiger partial charge in [0.1, 0.15) is 0 Å². The fraction of sp³-hybridized carbons (Fsp3) is 0.759. The zero-order chi connectivity index (χ0) is 26.0. The predicted octanol–water partition coefficient (Wildman–Crippen LogP) is 7.01. The molecule has 1 saturated heterocycles. The molecule has 0 bridgehead atoms. The van der Waals surface area contributed by atoms with Crippen LogP contribution >= 0.6 is 11.8 Å². The van der Waals surface area contributed by atoms with E-state index in [2.05, 4.69) is 17.6 Å². The van der Waals surface area contributed by atoms with E-state index in [4.69, 9.17) is 14.2 Å². The molecule has 6 nitrogen and oxygen atoms in total. The number of thioether (sulfide) groups is 1. The van der Waals surface area contributed by atoms with E-state index in [1.807, 2.05) is 12.1 Å². The SMILES string of the molecule is CCCCCCCCCCCCCCCCNC(=O)C1CSC(c2cc(OC)c(OC)c(OC)c2)N1. The Labute approximate surface area is 224 Å². The lowest BCUT2D eigenvalue weighted by molar-refractivity contribution is -0.122. The lowest BCUT2D eigenvalue weighted by Crippen LogP contribution is -2.42. The maximum Gasteiger partial charge on any atom is 0.238 e. The summed E-state index contributed by atoms with van der Waals surface area (Å²) in [6, 6.07) is 3.70. The summed E-state index contributed by atoms with van der Waals surface area (Å²) in [7, 11) is 4.83. The summed E-state index contributed by atoms with van der Waals surface area (Å²) >= 11 is 1.72. The van der Waals surface area contributed by atoms with Gasteiger partial charge in [0.2, 0.25) is 11.7 Å². The van der Waals surface area contributed by atoms with E-state index >= 15 is 0 Å². The number of amides is 1. The van der Waals surface area contributed by atoms with Crippen LogP contribution in [0.5, 0.6) is 17.2 Å². The minimum atomic E-state index is -0.189. The van der Waals surface area contributed by atoms with Crippen molar-refractivity contribution in [1.82, 2.24) is 10.6 Å². The molecule has 1 heterocycles. The fourth-order valence-electron chi connectivity index (χ4n) is 4.72. The Morgan fingerprint density at radius 2 is 1.33 bits per heavy atom. The zero-order valence-corrected chi connectivity index (χ0v) is 24.0. The first-order chi connectivity index (χ1) is 17.6. The Hall–Kier alpha value is -1.60. The third-order valence-corrected chi connectivity index (χ3v) is 8.19. The molecule has 2 unspecified atom stereocenters. The van der Waals surface area contributed by atoms with Crippen molar-refractivity contribution in [2.75, 3.05) is 33.6 Å². The van der Waals surface area contributed by atoms with Crippen molar-refractivity contribution in [2.45, 2.75) is 108 Å². The van der Waals surface area contributed by atoms with Crippen LogP contribution in [0.15, 0.2) is 12.1 Å². The summed E-state index contributed by atoms with van der Waals surface area (Å²) in [6.07, 6.45) is 18.8. The van der Waals surface area contributed by atoms with Crippen LogP contribution in [0.3, 0.4) is 0 Å². The van der Waals surface area contributed by atoms with E-state index in [0.29, 0.717) is 17.2 Å². The summed E-state index contributed by atoms with van der Waals surface area (Å²) in [5, 5.41) is 6.58. The van der Waals surface area contributed by atoms with Gasteiger partial charge in [-0.25, -0.2) is 0 Å². The monoisotopic (exact) mass is 522 g/mol. The van der Waals surface area contributed by atoms with Crippen molar-refractivity contribution in [3.63, 3.8) is 0 Å². The van der Waals surface area contributed by atoms with E-state index in [9.17, 15) is 4.79 Å². The standard InChI is InChI=1S/C29H50N2O4S/c1-5-6-7-8-9-10-11-12-13-14-15-16-17-18-19-30-28(32)24-22-36-29(31-24)23-20-25(33-2)27(35-4)26(21-23)34-3/h20-21,24,29,31H,5-19,22H2,1-4H3,(H,30,32). The molecule has 2 N–H and O–H groups in total. The van der Waals surface area contributed by atoms with Gasteiger partial charge in [-0.15, -0.1) is 11.8 Å². The maximum atomic E-state index is 12.6. The van der Waals surface area contributed by atoms with Crippen molar-refractivity contribution < 1.29 is 19.0 Å². The zero-order valence-electron chi connectivity index (χ0n) is 23.2.